The Hall–Kier alpha value is -7.16. The summed E-state index contributed by atoms with van der Waals surface area (Å²) in [5.41, 5.74) is 19.7. The van der Waals surface area contributed by atoms with Crippen LogP contribution in [0.15, 0.2) is 206 Å². The van der Waals surface area contributed by atoms with Crippen molar-refractivity contribution < 1.29 is 0 Å². The molecule has 10 rings (SSSR count). The van der Waals surface area contributed by atoms with Gasteiger partial charge in [0.2, 0.25) is 0 Å². The molecule has 0 saturated carbocycles. The first kappa shape index (κ1) is 34.3. The fourth-order valence-corrected chi connectivity index (χ4v) is 8.62. The Morgan fingerprint density at radius 3 is 1.30 bits per heavy atom. The van der Waals surface area contributed by atoms with E-state index < -0.39 is 0 Å². The summed E-state index contributed by atoms with van der Waals surface area (Å²) in [6.45, 7) is 4.70. The van der Waals surface area contributed by atoms with E-state index in [1.807, 2.05) is 0 Å². The molecule has 1 aliphatic carbocycles. The Morgan fingerprint density at radius 1 is 0.298 bits per heavy atom. The molecule has 0 amide bonds. The first-order valence-corrected chi connectivity index (χ1v) is 19.6. The highest BCUT2D eigenvalue weighted by Crippen LogP contribution is 2.52. The molecule has 0 spiro atoms. The van der Waals surface area contributed by atoms with Crippen LogP contribution < -0.4 is 0 Å². The second kappa shape index (κ2) is 14.2. The Kier molecular flexibility index (Phi) is 8.53. The lowest BCUT2D eigenvalue weighted by Crippen LogP contribution is -2.16. The fourth-order valence-electron chi connectivity index (χ4n) is 8.62. The van der Waals surface area contributed by atoms with Crippen LogP contribution in [0.5, 0.6) is 0 Å². The van der Waals surface area contributed by atoms with E-state index in [-0.39, 0.29) is 5.41 Å². The van der Waals surface area contributed by atoms with Crippen molar-refractivity contribution in [2.75, 3.05) is 0 Å². The zero-order valence-corrected chi connectivity index (χ0v) is 32.0. The van der Waals surface area contributed by atoms with Crippen LogP contribution in [0.3, 0.4) is 0 Å². The quantitative estimate of drug-likeness (QED) is 0.163. The summed E-state index contributed by atoms with van der Waals surface area (Å²) in [5, 5.41) is 0. The minimum Gasteiger partial charge on any atom is -0.228 e. The molecule has 0 atom stereocenters. The number of hydrogen-bond acceptors (Lipinski definition) is 2. The maximum absolute atomic E-state index is 5.26. The standard InChI is InChI=1S/C55H40N2/c1-55(2)50-28-10-9-25-48(50)49-27-14-26-47(53(49)55)40-31-29-39(30-32-40)43-21-13-24-46(35-43)54-56-51(44-22-11-19-41(33-44)37-15-5-3-6-16-37)36-52(57-54)45-23-12-20-42(34-45)38-17-7-4-8-18-38/h3-36H,1-2H3. The zero-order chi connectivity index (χ0) is 38.3. The van der Waals surface area contributed by atoms with E-state index >= 15 is 0 Å². The van der Waals surface area contributed by atoms with Gasteiger partial charge in [0.15, 0.2) is 5.82 Å². The molecule has 2 heteroatoms. The summed E-state index contributed by atoms with van der Waals surface area (Å²) in [6.07, 6.45) is 0. The molecule has 8 aromatic carbocycles. The highest BCUT2D eigenvalue weighted by atomic mass is 14.9. The lowest BCUT2D eigenvalue weighted by Gasteiger charge is -2.24. The molecule has 0 fully saturated rings. The van der Waals surface area contributed by atoms with Gasteiger partial charge >= 0.3 is 0 Å². The third-order valence-electron chi connectivity index (χ3n) is 11.5. The SMILES string of the molecule is CC1(C)c2ccccc2-c2cccc(-c3ccc(-c4cccc(-c5nc(-c6cccc(-c7ccccc7)c6)cc(-c6cccc(-c7ccccc7)c6)n5)c4)cc3)c21. The molecule has 2 nitrogen and oxygen atoms in total. The van der Waals surface area contributed by atoms with Crippen molar-refractivity contribution in [3.63, 3.8) is 0 Å². The third kappa shape index (κ3) is 6.36. The molecule has 1 aromatic heterocycles. The first-order valence-electron chi connectivity index (χ1n) is 19.6. The largest absolute Gasteiger partial charge is 0.228 e. The van der Waals surface area contributed by atoms with Crippen LogP contribution >= 0.6 is 0 Å². The Morgan fingerprint density at radius 2 is 0.702 bits per heavy atom. The highest BCUT2D eigenvalue weighted by molar-refractivity contribution is 5.89. The van der Waals surface area contributed by atoms with Crippen molar-refractivity contribution in [1.82, 2.24) is 9.97 Å². The van der Waals surface area contributed by atoms with Crippen LogP contribution in [-0.2, 0) is 5.41 Å². The van der Waals surface area contributed by atoms with Gasteiger partial charge in [0.25, 0.3) is 0 Å². The lowest BCUT2D eigenvalue weighted by atomic mass is 9.79. The van der Waals surface area contributed by atoms with Crippen molar-refractivity contribution in [2.45, 2.75) is 19.3 Å². The van der Waals surface area contributed by atoms with Gasteiger partial charge in [0.05, 0.1) is 11.4 Å². The number of rotatable bonds is 7. The molecular weight excluding hydrogens is 689 g/mol. The summed E-state index contributed by atoms with van der Waals surface area (Å²) in [6, 6.07) is 73.7. The second-order valence-electron chi connectivity index (χ2n) is 15.4. The summed E-state index contributed by atoms with van der Waals surface area (Å²) < 4.78 is 0. The van der Waals surface area contributed by atoms with Crippen LogP contribution in [-0.4, -0.2) is 9.97 Å². The molecule has 0 aliphatic heterocycles. The molecule has 0 saturated heterocycles. The molecule has 0 unspecified atom stereocenters. The molecular formula is C55H40N2. The number of nitrogens with zero attached hydrogens (tertiary/aromatic N) is 2. The molecule has 9 aromatic rings. The van der Waals surface area contributed by atoms with E-state index in [1.165, 1.54) is 44.5 Å². The molecule has 1 heterocycles. The van der Waals surface area contributed by atoms with E-state index in [2.05, 4.69) is 220 Å². The van der Waals surface area contributed by atoms with E-state index in [4.69, 9.17) is 9.97 Å². The van der Waals surface area contributed by atoms with Crippen molar-refractivity contribution in [3.8, 4) is 89.5 Å². The Balaban J connectivity index is 1.04. The number of benzene rings is 8. The van der Waals surface area contributed by atoms with Gasteiger partial charge in [-0.3, -0.25) is 0 Å². The molecule has 0 bridgehead atoms. The fraction of sp³-hybridized carbons (Fsp3) is 0.0545. The predicted octanol–water partition coefficient (Wildman–Crippen LogP) is 14.5. The number of aromatic nitrogens is 2. The van der Waals surface area contributed by atoms with Gasteiger partial charge in [-0.25, -0.2) is 9.97 Å². The van der Waals surface area contributed by atoms with Gasteiger partial charge in [-0.2, -0.15) is 0 Å². The van der Waals surface area contributed by atoms with Gasteiger partial charge in [0, 0.05) is 22.1 Å². The highest BCUT2D eigenvalue weighted by Gasteiger charge is 2.37. The van der Waals surface area contributed by atoms with Crippen LogP contribution in [0, 0.1) is 0 Å². The average Bonchev–Trinajstić information content (AvgIpc) is 3.53. The summed E-state index contributed by atoms with van der Waals surface area (Å²) in [5.74, 6) is 0.692. The van der Waals surface area contributed by atoms with Crippen LogP contribution in [0.4, 0.5) is 0 Å². The second-order valence-corrected chi connectivity index (χ2v) is 15.4. The van der Waals surface area contributed by atoms with Gasteiger partial charge < -0.3 is 0 Å². The summed E-state index contributed by atoms with van der Waals surface area (Å²) in [4.78, 5) is 10.5. The van der Waals surface area contributed by atoms with E-state index in [9.17, 15) is 0 Å². The van der Waals surface area contributed by atoms with Crippen LogP contribution in [0.25, 0.3) is 89.5 Å². The van der Waals surface area contributed by atoms with Gasteiger partial charge in [-0.05, 0) is 91.0 Å². The number of hydrogen-bond donors (Lipinski definition) is 0. The van der Waals surface area contributed by atoms with E-state index in [0.29, 0.717) is 5.82 Å². The minimum atomic E-state index is -0.0748. The topological polar surface area (TPSA) is 25.8 Å². The van der Waals surface area contributed by atoms with Crippen molar-refractivity contribution in [1.29, 1.82) is 0 Å². The number of fused-ring (bicyclic) bond motifs is 3. The monoisotopic (exact) mass is 728 g/mol. The molecule has 1 aliphatic rings. The summed E-state index contributed by atoms with van der Waals surface area (Å²) in [7, 11) is 0. The maximum atomic E-state index is 5.26. The van der Waals surface area contributed by atoms with Gasteiger partial charge in [0.1, 0.15) is 0 Å². The summed E-state index contributed by atoms with van der Waals surface area (Å²) >= 11 is 0. The first-order chi connectivity index (χ1) is 28.0. The van der Waals surface area contributed by atoms with Crippen molar-refractivity contribution >= 4 is 0 Å². The Bertz CT molecular complexity index is 2810. The Labute approximate surface area is 334 Å². The van der Waals surface area contributed by atoms with E-state index in [0.717, 1.165) is 50.3 Å². The maximum Gasteiger partial charge on any atom is 0.160 e. The zero-order valence-electron chi connectivity index (χ0n) is 32.0. The smallest absolute Gasteiger partial charge is 0.160 e. The van der Waals surface area contributed by atoms with Crippen LogP contribution in [0.1, 0.15) is 25.0 Å². The van der Waals surface area contributed by atoms with E-state index in [1.54, 1.807) is 0 Å². The predicted molar refractivity (Wildman–Crippen MR) is 238 cm³/mol. The molecule has 0 N–H and O–H groups in total. The van der Waals surface area contributed by atoms with Gasteiger partial charge in [-0.15, -0.1) is 0 Å². The van der Waals surface area contributed by atoms with Crippen LogP contribution in [0.2, 0.25) is 0 Å². The molecule has 270 valence electrons. The van der Waals surface area contributed by atoms with Gasteiger partial charge in [-0.1, -0.05) is 196 Å². The third-order valence-corrected chi connectivity index (χ3v) is 11.5. The molecule has 0 radical (unpaired) electrons. The van der Waals surface area contributed by atoms with Crippen molar-refractivity contribution in [2.24, 2.45) is 0 Å². The lowest BCUT2D eigenvalue weighted by molar-refractivity contribution is 0.662. The molecule has 57 heavy (non-hydrogen) atoms. The normalized spacial score (nSPS) is 12.5. The average molecular weight is 729 g/mol. The van der Waals surface area contributed by atoms with Crippen molar-refractivity contribution in [3.05, 3.63) is 217 Å². The minimum absolute atomic E-state index is 0.0748.